The Bertz CT molecular complexity index is 824. The lowest BCUT2D eigenvalue weighted by Gasteiger charge is -2.08. The molecule has 6 heteroatoms. The van der Waals surface area contributed by atoms with Crippen molar-refractivity contribution in [3.63, 3.8) is 0 Å². The van der Waals surface area contributed by atoms with Crippen molar-refractivity contribution in [3.8, 4) is 0 Å². The topological polar surface area (TPSA) is 63.1 Å². The summed E-state index contributed by atoms with van der Waals surface area (Å²) in [6.07, 6.45) is 2.90. The summed E-state index contributed by atoms with van der Waals surface area (Å²) < 4.78 is 2.18. The fourth-order valence-electron chi connectivity index (χ4n) is 2.53. The van der Waals surface area contributed by atoms with Gasteiger partial charge in [0.1, 0.15) is 0 Å². The summed E-state index contributed by atoms with van der Waals surface area (Å²) in [6.45, 7) is 1.43. The van der Waals surface area contributed by atoms with E-state index in [2.05, 4.69) is 39.6 Å². The molecule has 3 rings (SSSR count). The monoisotopic (exact) mass is 341 g/mol. The summed E-state index contributed by atoms with van der Waals surface area (Å²) in [6, 6.07) is 13.9. The van der Waals surface area contributed by atoms with Crippen LogP contribution >= 0.6 is 11.3 Å². The molecule has 0 atom stereocenters. The fraction of sp³-hybridized carbons (Fsp3) is 0.222. The molecule has 0 spiro atoms. The van der Waals surface area contributed by atoms with E-state index in [1.54, 1.807) is 6.07 Å². The third kappa shape index (κ3) is 4.02. The van der Waals surface area contributed by atoms with Crippen molar-refractivity contribution in [2.45, 2.75) is 13.0 Å². The number of carbonyl (C=O) groups is 2. The molecule has 0 saturated carbocycles. The van der Waals surface area contributed by atoms with Crippen molar-refractivity contribution in [3.05, 3.63) is 58.9 Å². The van der Waals surface area contributed by atoms with E-state index in [-0.39, 0.29) is 18.4 Å². The van der Waals surface area contributed by atoms with Gasteiger partial charge in [-0.3, -0.25) is 9.59 Å². The Morgan fingerprint density at radius 1 is 1.04 bits per heavy atom. The third-order valence-corrected chi connectivity index (χ3v) is 4.60. The second-order valence-corrected chi connectivity index (χ2v) is 6.38. The van der Waals surface area contributed by atoms with E-state index in [0.717, 1.165) is 13.0 Å². The Kier molecular flexibility index (Phi) is 5.28. The minimum atomic E-state index is -0.209. The van der Waals surface area contributed by atoms with Gasteiger partial charge in [0.05, 0.1) is 11.4 Å². The minimum absolute atomic E-state index is 0.00316. The molecular weight excluding hydrogens is 322 g/mol. The van der Waals surface area contributed by atoms with Crippen LogP contribution in [0.3, 0.4) is 0 Å². The Balaban J connectivity index is 1.37. The Hall–Kier alpha value is -2.60. The molecule has 0 radical (unpaired) electrons. The van der Waals surface area contributed by atoms with Crippen LogP contribution in [0.4, 0.5) is 0 Å². The van der Waals surface area contributed by atoms with Gasteiger partial charge in [-0.2, -0.15) is 0 Å². The first-order valence-corrected chi connectivity index (χ1v) is 8.74. The molecule has 0 bridgehead atoms. The summed E-state index contributed by atoms with van der Waals surface area (Å²) in [7, 11) is 0. The van der Waals surface area contributed by atoms with Crippen molar-refractivity contribution in [2.75, 3.05) is 13.1 Å². The Morgan fingerprint density at radius 2 is 1.92 bits per heavy atom. The zero-order valence-corrected chi connectivity index (χ0v) is 14.0. The molecule has 2 N–H and O–H groups in total. The number of aryl methyl sites for hydroxylation is 1. The second-order valence-electron chi connectivity index (χ2n) is 5.43. The average molecular weight is 341 g/mol. The summed E-state index contributed by atoms with van der Waals surface area (Å²) in [4.78, 5) is 24.1. The molecular formula is C18H19N3O2S. The van der Waals surface area contributed by atoms with Gasteiger partial charge in [0.15, 0.2) is 0 Å². The van der Waals surface area contributed by atoms with Gasteiger partial charge in [-0.1, -0.05) is 24.3 Å². The molecule has 0 fully saturated rings. The number of nitrogens with one attached hydrogen (secondary N) is 2. The molecule has 1 aromatic carbocycles. The average Bonchev–Trinajstić information content (AvgIpc) is 3.26. The SMILES string of the molecule is O=C(CNC(=O)c1cccs1)NCCCn1ccc2ccccc21. The van der Waals surface area contributed by atoms with Crippen LogP contribution in [0, 0.1) is 0 Å². The number of carbonyl (C=O) groups excluding carboxylic acids is 2. The summed E-state index contributed by atoms with van der Waals surface area (Å²) in [5.74, 6) is -0.378. The van der Waals surface area contributed by atoms with Gasteiger partial charge >= 0.3 is 0 Å². The van der Waals surface area contributed by atoms with Crippen LogP contribution in [0.15, 0.2) is 54.0 Å². The smallest absolute Gasteiger partial charge is 0.261 e. The van der Waals surface area contributed by atoms with E-state index in [1.807, 2.05) is 23.6 Å². The van der Waals surface area contributed by atoms with Crippen LogP contribution in [0.2, 0.25) is 0 Å². The molecule has 3 aromatic rings. The first kappa shape index (κ1) is 16.3. The number of hydrogen-bond acceptors (Lipinski definition) is 3. The van der Waals surface area contributed by atoms with Crippen LogP contribution in [-0.4, -0.2) is 29.5 Å². The predicted molar refractivity (Wildman–Crippen MR) is 96.2 cm³/mol. The van der Waals surface area contributed by atoms with E-state index in [0.29, 0.717) is 11.4 Å². The summed E-state index contributed by atoms with van der Waals surface area (Å²) >= 11 is 1.36. The highest BCUT2D eigenvalue weighted by atomic mass is 32.1. The van der Waals surface area contributed by atoms with Gasteiger partial charge in [0.25, 0.3) is 5.91 Å². The molecule has 0 saturated heterocycles. The van der Waals surface area contributed by atoms with Crippen molar-refractivity contribution in [2.24, 2.45) is 0 Å². The highest BCUT2D eigenvalue weighted by Gasteiger charge is 2.08. The maximum Gasteiger partial charge on any atom is 0.261 e. The number of para-hydroxylation sites is 1. The number of hydrogen-bond donors (Lipinski definition) is 2. The van der Waals surface area contributed by atoms with Crippen molar-refractivity contribution in [1.29, 1.82) is 0 Å². The predicted octanol–water partition coefficient (Wildman–Crippen LogP) is 2.64. The maximum absolute atomic E-state index is 11.8. The van der Waals surface area contributed by atoms with Gasteiger partial charge in [0.2, 0.25) is 5.91 Å². The van der Waals surface area contributed by atoms with E-state index in [9.17, 15) is 9.59 Å². The van der Waals surface area contributed by atoms with Crippen LogP contribution in [0.5, 0.6) is 0 Å². The van der Waals surface area contributed by atoms with E-state index >= 15 is 0 Å². The number of thiophene rings is 1. The zero-order chi connectivity index (χ0) is 16.8. The third-order valence-electron chi connectivity index (χ3n) is 3.73. The highest BCUT2D eigenvalue weighted by molar-refractivity contribution is 7.12. The highest BCUT2D eigenvalue weighted by Crippen LogP contribution is 2.15. The van der Waals surface area contributed by atoms with E-state index in [1.165, 1.54) is 22.2 Å². The number of fused-ring (bicyclic) bond motifs is 1. The van der Waals surface area contributed by atoms with Gasteiger partial charge in [-0.05, 0) is 35.4 Å². The number of rotatable bonds is 7. The number of benzene rings is 1. The molecule has 0 aliphatic heterocycles. The molecule has 0 aliphatic rings. The van der Waals surface area contributed by atoms with Crippen molar-refractivity contribution in [1.82, 2.24) is 15.2 Å². The maximum atomic E-state index is 11.8. The standard InChI is InChI=1S/C18H19N3O2S/c22-17(13-20-18(23)16-7-3-12-24-16)19-9-4-10-21-11-8-14-5-1-2-6-15(14)21/h1-3,5-8,11-12H,4,9-10,13H2,(H,19,22)(H,20,23). The molecule has 2 heterocycles. The first-order chi connectivity index (χ1) is 11.7. The van der Waals surface area contributed by atoms with Crippen LogP contribution < -0.4 is 10.6 Å². The molecule has 24 heavy (non-hydrogen) atoms. The molecule has 0 unspecified atom stereocenters. The molecule has 0 aliphatic carbocycles. The number of aromatic nitrogens is 1. The Labute approximate surface area is 144 Å². The van der Waals surface area contributed by atoms with Gasteiger partial charge in [-0.25, -0.2) is 0 Å². The molecule has 124 valence electrons. The first-order valence-electron chi connectivity index (χ1n) is 7.86. The van der Waals surface area contributed by atoms with Crippen molar-refractivity contribution < 1.29 is 9.59 Å². The molecule has 5 nitrogen and oxygen atoms in total. The fourth-order valence-corrected chi connectivity index (χ4v) is 3.17. The quantitative estimate of drug-likeness (QED) is 0.649. The lowest BCUT2D eigenvalue weighted by molar-refractivity contribution is -0.120. The van der Waals surface area contributed by atoms with E-state index in [4.69, 9.17) is 0 Å². The minimum Gasteiger partial charge on any atom is -0.355 e. The molecule has 2 amide bonds. The zero-order valence-electron chi connectivity index (χ0n) is 13.2. The largest absolute Gasteiger partial charge is 0.355 e. The lowest BCUT2D eigenvalue weighted by Crippen LogP contribution is -2.37. The van der Waals surface area contributed by atoms with Gasteiger partial charge in [-0.15, -0.1) is 11.3 Å². The van der Waals surface area contributed by atoms with Crippen LogP contribution in [0.25, 0.3) is 10.9 Å². The van der Waals surface area contributed by atoms with Crippen LogP contribution in [0.1, 0.15) is 16.1 Å². The second kappa shape index (κ2) is 7.79. The summed E-state index contributed by atoms with van der Waals surface area (Å²) in [5.41, 5.74) is 1.20. The van der Waals surface area contributed by atoms with Gasteiger partial charge in [0, 0.05) is 24.8 Å². The lowest BCUT2D eigenvalue weighted by atomic mass is 10.2. The number of nitrogens with zero attached hydrogens (tertiary/aromatic N) is 1. The van der Waals surface area contributed by atoms with Crippen LogP contribution in [-0.2, 0) is 11.3 Å². The Morgan fingerprint density at radius 3 is 2.75 bits per heavy atom. The van der Waals surface area contributed by atoms with E-state index < -0.39 is 0 Å². The summed E-state index contributed by atoms with van der Waals surface area (Å²) in [5, 5.41) is 8.50. The van der Waals surface area contributed by atoms with Gasteiger partial charge < -0.3 is 15.2 Å². The normalized spacial score (nSPS) is 10.7. The number of amides is 2. The van der Waals surface area contributed by atoms with Crippen molar-refractivity contribution >= 4 is 34.1 Å². The molecule has 2 aromatic heterocycles.